The largest absolute Gasteiger partial charge is 0.351 e. The van der Waals surface area contributed by atoms with Gasteiger partial charge in [0.25, 0.3) is 11.8 Å². The minimum atomic E-state index is -0.329. The zero-order valence-corrected chi connectivity index (χ0v) is 18.7. The van der Waals surface area contributed by atoms with Crippen molar-refractivity contribution in [3.05, 3.63) is 48.0 Å². The number of hydrogen-bond acceptors (Lipinski definition) is 4. The van der Waals surface area contributed by atoms with E-state index in [-0.39, 0.29) is 24.4 Å². The van der Waals surface area contributed by atoms with Crippen LogP contribution in [0.25, 0.3) is 20.8 Å². The van der Waals surface area contributed by atoms with E-state index in [1.165, 1.54) is 10.3 Å². The fourth-order valence-electron chi connectivity index (χ4n) is 3.34. The third kappa shape index (κ3) is 5.23. The number of benzene rings is 2. The second-order valence-electron chi connectivity index (χ2n) is 7.42. The van der Waals surface area contributed by atoms with E-state index in [1.807, 2.05) is 51.1 Å². The Labute approximate surface area is 181 Å². The van der Waals surface area contributed by atoms with Gasteiger partial charge in [-0.2, -0.15) is 0 Å². The van der Waals surface area contributed by atoms with Crippen LogP contribution in [0.2, 0.25) is 0 Å². The Bertz CT molecular complexity index is 1030. The Balaban J connectivity index is 1.66. The highest BCUT2D eigenvalue weighted by Crippen LogP contribution is 2.31. The van der Waals surface area contributed by atoms with Crippen molar-refractivity contribution in [1.29, 1.82) is 0 Å². The number of fused-ring (bicyclic) bond motifs is 1. The number of amides is 2. The first-order valence-corrected chi connectivity index (χ1v) is 11.1. The summed E-state index contributed by atoms with van der Waals surface area (Å²) in [6.45, 7) is 9.37. The van der Waals surface area contributed by atoms with Crippen LogP contribution in [-0.2, 0) is 9.59 Å². The van der Waals surface area contributed by atoms with Gasteiger partial charge >= 0.3 is 0 Å². The number of thiazole rings is 1. The molecule has 0 radical (unpaired) electrons. The molecule has 0 aliphatic heterocycles. The highest BCUT2D eigenvalue weighted by molar-refractivity contribution is 7.21. The summed E-state index contributed by atoms with van der Waals surface area (Å²) in [6.07, 6.45) is 0. The van der Waals surface area contributed by atoms with Crippen molar-refractivity contribution in [3.63, 3.8) is 0 Å². The molecular formula is C23H29N4O2S+. The summed E-state index contributed by atoms with van der Waals surface area (Å²) >= 11 is 1.67. The van der Waals surface area contributed by atoms with Gasteiger partial charge in [0.15, 0.2) is 12.6 Å². The first kappa shape index (κ1) is 21.9. The lowest BCUT2D eigenvalue weighted by Crippen LogP contribution is -3.17. The smallest absolute Gasteiger partial charge is 0.282 e. The summed E-state index contributed by atoms with van der Waals surface area (Å²) < 4.78 is 1.17. The molecule has 7 heteroatoms. The van der Waals surface area contributed by atoms with Gasteiger partial charge in [-0.3, -0.25) is 9.59 Å². The first-order chi connectivity index (χ1) is 14.4. The molecule has 3 N–H and O–H groups in total. The number of quaternary nitrogens is 1. The predicted molar refractivity (Wildman–Crippen MR) is 123 cm³/mol. The van der Waals surface area contributed by atoms with Crippen molar-refractivity contribution in [2.45, 2.75) is 33.7 Å². The number of nitrogens with zero attached hydrogens (tertiary/aromatic N) is 1. The van der Waals surface area contributed by atoms with Crippen LogP contribution < -0.4 is 15.5 Å². The van der Waals surface area contributed by atoms with Gasteiger partial charge < -0.3 is 15.5 Å². The summed E-state index contributed by atoms with van der Waals surface area (Å²) in [4.78, 5) is 30.2. The van der Waals surface area contributed by atoms with Crippen LogP contribution in [0.4, 0.5) is 5.69 Å². The van der Waals surface area contributed by atoms with E-state index in [0.717, 1.165) is 26.7 Å². The number of likely N-dealkylation sites (N-methyl/N-ethyl adjacent to an activating group) is 2. The van der Waals surface area contributed by atoms with E-state index >= 15 is 0 Å². The zero-order chi connectivity index (χ0) is 21.7. The van der Waals surface area contributed by atoms with Gasteiger partial charge in [-0.15, -0.1) is 11.3 Å². The Hall–Kier alpha value is -2.77. The van der Waals surface area contributed by atoms with Crippen LogP contribution in [0.1, 0.15) is 26.3 Å². The normalized spacial score (nSPS) is 13.1. The number of rotatable bonds is 8. The second kappa shape index (κ2) is 9.82. The Morgan fingerprint density at radius 3 is 2.53 bits per heavy atom. The highest BCUT2D eigenvalue weighted by atomic mass is 32.1. The van der Waals surface area contributed by atoms with Crippen LogP contribution in [-0.4, -0.2) is 42.5 Å². The molecule has 2 aromatic carbocycles. The van der Waals surface area contributed by atoms with E-state index in [0.29, 0.717) is 13.1 Å². The van der Waals surface area contributed by atoms with Crippen molar-refractivity contribution < 1.29 is 14.5 Å². The fraction of sp³-hybridized carbons (Fsp3) is 0.348. The van der Waals surface area contributed by atoms with Gasteiger partial charge in [0.05, 0.1) is 16.8 Å². The van der Waals surface area contributed by atoms with E-state index in [9.17, 15) is 9.59 Å². The van der Waals surface area contributed by atoms with Crippen molar-refractivity contribution in [1.82, 2.24) is 10.3 Å². The molecule has 0 saturated heterocycles. The average molecular weight is 426 g/mol. The van der Waals surface area contributed by atoms with Gasteiger partial charge in [0, 0.05) is 17.8 Å². The molecular weight excluding hydrogens is 396 g/mol. The molecule has 30 heavy (non-hydrogen) atoms. The van der Waals surface area contributed by atoms with Crippen LogP contribution in [0, 0.1) is 6.92 Å². The lowest BCUT2D eigenvalue weighted by atomic mass is 10.2. The SMILES string of the molecule is CCNC(=O)C[NH+](CC)[C@@H](C)C(=O)Nc1ccc(-c2nc3ccc(C)cc3s2)cc1. The molecule has 3 aromatic rings. The lowest BCUT2D eigenvalue weighted by molar-refractivity contribution is -0.904. The Morgan fingerprint density at radius 2 is 1.87 bits per heavy atom. The molecule has 3 rings (SSSR count). The van der Waals surface area contributed by atoms with E-state index in [4.69, 9.17) is 4.98 Å². The maximum Gasteiger partial charge on any atom is 0.282 e. The molecule has 158 valence electrons. The number of aromatic nitrogens is 1. The number of aryl methyl sites for hydroxylation is 1. The van der Waals surface area contributed by atoms with Crippen LogP contribution in [0.15, 0.2) is 42.5 Å². The maximum atomic E-state index is 12.7. The third-order valence-corrected chi connectivity index (χ3v) is 6.23. The summed E-state index contributed by atoms with van der Waals surface area (Å²) in [7, 11) is 0. The fourth-order valence-corrected chi connectivity index (χ4v) is 4.41. The van der Waals surface area contributed by atoms with Crippen molar-refractivity contribution in [3.8, 4) is 10.6 Å². The quantitative estimate of drug-likeness (QED) is 0.519. The maximum absolute atomic E-state index is 12.7. The zero-order valence-electron chi connectivity index (χ0n) is 17.9. The van der Waals surface area contributed by atoms with E-state index < -0.39 is 0 Å². The summed E-state index contributed by atoms with van der Waals surface area (Å²) in [5.74, 6) is -0.135. The number of hydrogen-bond donors (Lipinski definition) is 3. The van der Waals surface area contributed by atoms with E-state index in [1.54, 1.807) is 11.3 Å². The van der Waals surface area contributed by atoms with Crippen LogP contribution >= 0.6 is 11.3 Å². The standard InChI is InChI=1S/C23H28N4O2S/c1-5-24-21(28)14-27(6-2)16(4)22(29)25-18-10-8-17(9-11-18)23-26-19-12-7-15(3)13-20(19)30-23/h7-13,16H,5-6,14H2,1-4H3,(H,24,28)(H,25,29)/p+1/t16-/m0/s1. The summed E-state index contributed by atoms with van der Waals surface area (Å²) in [5, 5.41) is 6.72. The molecule has 2 amide bonds. The van der Waals surface area contributed by atoms with Gasteiger partial charge in [0.1, 0.15) is 5.01 Å². The van der Waals surface area contributed by atoms with Crippen molar-refractivity contribution in [2.24, 2.45) is 0 Å². The van der Waals surface area contributed by atoms with Crippen LogP contribution in [0.5, 0.6) is 0 Å². The molecule has 0 spiro atoms. The van der Waals surface area contributed by atoms with E-state index in [2.05, 4.69) is 29.7 Å². The lowest BCUT2D eigenvalue weighted by Gasteiger charge is -2.23. The summed E-state index contributed by atoms with van der Waals surface area (Å²) in [6, 6.07) is 13.7. The molecule has 1 heterocycles. The number of anilines is 1. The van der Waals surface area contributed by atoms with Gasteiger partial charge in [-0.25, -0.2) is 4.98 Å². The van der Waals surface area contributed by atoms with Crippen molar-refractivity contribution >= 4 is 39.1 Å². The van der Waals surface area contributed by atoms with Gasteiger partial charge in [0.2, 0.25) is 0 Å². The molecule has 1 aromatic heterocycles. The molecule has 0 aliphatic rings. The van der Waals surface area contributed by atoms with Gasteiger partial charge in [-0.1, -0.05) is 6.07 Å². The van der Waals surface area contributed by atoms with Gasteiger partial charge in [-0.05, 0) is 69.7 Å². The molecule has 6 nitrogen and oxygen atoms in total. The average Bonchev–Trinajstić information content (AvgIpc) is 3.15. The number of carbonyl (C=O) groups excluding carboxylic acids is 2. The van der Waals surface area contributed by atoms with Crippen LogP contribution in [0.3, 0.4) is 0 Å². The topological polar surface area (TPSA) is 75.5 Å². The van der Waals surface area contributed by atoms with Crippen molar-refractivity contribution in [2.75, 3.05) is 25.0 Å². The molecule has 2 atom stereocenters. The number of nitrogens with one attached hydrogen (secondary N) is 3. The number of carbonyl (C=O) groups is 2. The molecule has 0 aliphatic carbocycles. The minimum absolute atomic E-state index is 0.0376. The minimum Gasteiger partial charge on any atom is -0.351 e. The molecule has 0 saturated carbocycles. The monoisotopic (exact) mass is 425 g/mol. The predicted octanol–water partition coefficient (Wildman–Crippen LogP) is 2.64. The third-order valence-electron chi connectivity index (χ3n) is 5.16. The highest BCUT2D eigenvalue weighted by Gasteiger charge is 2.25. The summed E-state index contributed by atoms with van der Waals surface area (Å²) in [5.41, 5.74) is 3.99. The molecule has 0 fully saturated rings. The second-order valence-corrected chi connectivity index (χ2v) is 8.45. The molecule has 1 unspecified atom stereocenters. The Morgan fingerprint density at radius 1 is 1.13 bits per heavy atom. The Kier molecular flexibility index (Phi) is 7.18. The first-order valence-electron chi connectivity index (χ1n) is 10.3. The molecule has 0 bridgehead atoms.